The molecule has 1 heterocycles. The van der Waals surface area contributed by atoms with Crippen LogP contribution in [0, 0.1) is 17.1 Å². The van der Waals surface area contributed by atoms with Crippen molar-refractivity contribution >= 4 is 38.9 Å². The Bertz CT molecular complexity index is 850. The number of pyridine rings is 1. The van der Waals surface area contributed by atoms with Gasteiger partial charge in [0.1, 0.15) is 21.9 Å². The zero-order chi connectivity index (χ0) is 15.6. The number of halogens is 3. The highest BCUT2D eigenvalue weighted by Crippen LogP contribution is 2.25. The molecule has 2 rings (SSSR count). The molecule has 0 aliphatic carbocycles. The van der Waals surface area contributed by atoms with Crippen LogP contribution in [0.2, 0.25) is 10.2 Å². The molecule has 0 saturated heterocycles. The molecule has 0 fully saturated rings. The molecule has 0 saturated carbocycles. The summed E-state index contributed by atoms with van der Waals surface area (Å²) in [6.07, 6.45) is 1.00. The van der Waals surface area contributed by atoms with Gasteiger partial charge in [0.15, 0.2) is 0 Å². The lowest BCUT2D eigenvalue weighted by Gasteiger charge is -2.09. The maximum absolute atomic E-state index is 13.2. The molecule has 21 heavy (non-hydrogen) atoms. The fraction of sp³-hybridized carbons (Fsp3) is 0. The third-order valence-electron chi connectivity index (χ3n) is 2.41. The summed E-state index contributed by atoms with van der Waals surface area (Å²) in [7, 11) is -4.03. The first-order valence-corrected chi connectivity index (χ1v) is 7.61. The third-order valence-corrected chi connectivity index (χ3v) is 4.46. The van der Waals surface area contributed by atoms with Crippen LogP contribution in [-0.4, -0.2) is 13.4 Å². The van der Waals surface area contributed by atoms with E-state index in [0.29, 0.717) is 0 Å². The Morgan fingerprint density at radius 3 is 2.62 bits per heavy atom. The molecule has 1 N–H and O–H groups in total. The number of anilines is 1. The van der Waals surface area contributed by atoms with E-state index in [1.165, 1.54) is 12.1 Å². The van der Waals surface area contributed by atoms with Gasteiger partial charge in [-0.15, -0.1) is 0 Å². The van der Waals surface area contributed by atoms with Crippen molar-refractivity contribution in [2.75, 3.05) is 4.72 Å². The molecule has 5 nitrogen and oxygen atoms in total. The highest BCUT2D eigenvalue weighted by atomic mass is 35.5. The van der Waals surface area contributed by atoms with Crippen LogP contribution in [-0.2, 0) is 10.0 Å². The average Bonchev–Trinajstić information content (AvgIpc) is 2.40. The fourth-order valence-corrected chi connectivity index (χ4v) is 3.20. The Hall–Kier alpha value is -1.88. The van der Waals surface area contributed by atoms with E-state index in [1.54, 1.807) is 6.07 Å². The Morgan fingerprint density at radius 1 is 1.29 bits per heavy atom. The van der Waals surface area contributed by atoms with Gasteiger partial charge in [0.2, 0.25) is 0 Å². The van der Waals surface area contributed by atoms with E-state index in [0.717, 1.165) is 18.3 Å². The minimum absolute atomic E-state index is 0.0268. The number of hydrogen-bond donors (Lipinski definition) is 1. The Morgan fingerprint density at radius 2 is 2.00 bits per heavy atom. The molecule has 0 bridgehead atoms. The molecule has 0 aliphatic heterocycles. The molecule has 1 aromatic heterocycles. The lowest BCUT2D eigenvalue weighted by molar-refractivity contribution is 0.600. The zero-order valence-electron chi connectivity index (χ0n) is 10.1. The van der Waals surface area contributed by atoms with Crippen LogP contribution >= 0.6 is 23.2 Å². The Kier molecular flexibility index (Phi) is 4.32. The van der Waals surface area contributed by atoms with Crippen molar-refractivity contribution in [1.29, 1.82) is 5.26 Å². The first-order valence-electron chi connectivity index (χ1n) is 5.37. The van der Waals surface area contributed by atoms with E-state index < -0.39 is 15.8 Å². The highest BCUT2D eigenvalue weighted by molar-refractivity contribution is 7.92. The van der Waals surface area contributed by atoms with E-state index >= 15 is 0 Å². The summed E-state index contributed by atoms with van der Waals surface area (Å²) in [6.45, 7) is 0. The molecule has 0 spiro atoms. The molecule has 2 aromatic rings. The smallest absolute Gasteiger partial charge is 0.264 e. The number of benzene rings is 1. The first kappa shape index (κ1) is 15.5. The highest BCUT2D eigenvalue weighted by Gasteiger charge is 2.19. The first-order chi connectivity index (χ1) is 9.83. The molecular weight excluding hydrogens is 340 g/mol. The number of rotatable bonds is 3. The monoisotopic (exact) mass is 345 g/mol. The molecule has 0 unspecified atom stereocenters. The second-order valence-electron chi connectivity index (χ2n) is 3.85. The topological polar surface area (TPSA) is 82.9 Å². The van der Waals surface area contributed by atoms with E-state index in [9.17, 15) is 12.8 Å². The molecule has 9 heteroatoms. The van der Waals surface area contributed by atoms with Crippen LogP contribution in [0.3, 0.4) is 0 Å². The Labute approximate surface area is 130 Å². The summed E-state index contributed by atoms with van der Waals surface area (Å²) in [5.74, 6) is -0.744. The quantitative estimate of drug-likeness (QED) is 0.865. The van der Waals surface area contributed by atoms with Crippen molar-refractivity contribution in [3.8, 4) is 6.07 Å². The molecule has 1 aromatic carbocycles. The van der Waals surface area contributed by atoms with E-state index in [-0.39, 0.29) is 26.3 Å². The third kappa shape index (κ3) is 3.42. The van der Waals surface area contributed by atoms with Crippen molar-refractivity contribution in [1.82, 2.24) is 4.98 Å². The van der Waals surface area contributed by atoms with E-state index in [1.807, 2.05) is 0 Å². The summed E-state index contributed by atoms with van der Waals surface area (Å²) >= 11 is 11.4. The van der Waals surface area contributed by atoms with Gasteiger partial charge in [0, 0.05) is 0 Å². The maximum atomic E-state index is 13.2. The minimum Gasteiger partial charge on any atom is -0.279 e. The van der Waals surface area contributed by atoms with Crippen LogP contribution in [0.25, 0.3) is 0 Å². The van der Waals surface area contributed by atoms with Gasteiger partial charge in [0.25, 0.3) is 10.0 Å². The predicted octanol–water partition coefficient (Wildman–Crippen LogP) is 3.20. The van der Waals surface area contributed by atoms with Crippen molar-refractivity contribution in [3.63, 3.8) is 0 Å². The molecule has 0 aliphatic rings. The zero-order valence-corrected chi connectivity index (χ0v) is 12.5. The Balaban J connectivity index is 2.40. The number of aromatic nitrogens is 1. The fourth-order valence-electron chi connectivity index (χ4n) is 1.48. The number of nitriles is 1. The predicted molar refractivity (Wildman–Crippen MR) is 76.2 cm³/mol. The van der Waals surface area contributed by atoms with Crippen LogP contribution in [0.15, 0.2) is 35.4 Å². The number of nitrogens with zero attached hydrogens (tertiary/aromatic N) is 2. The lowest BCUT2D eigenvalue weighted by atomic mass is 10.2. The van der Waals surface area contributed by atoms with E-state index in [2.05, 4.69) is 9.71 Å². The van der Waals surface area contributed by atoms with Gasteiger partial charge < -0.3 is 0 Å². The van der Waals surface area contributed by atoms with E-state index in [4.69, 9.17) is 28.5 Å². The number of hydrogen-bond acceptors (Lipinski definition) is 4. The summed E-state index contributed by atoms with van der Waals surface area (Å²) in [5, 5.41) is 8.66. The molecule has 108 valence electrons. The second kappa shape index (κ2) is 5.85. The van der Waals surface area contributed by atoms with Crippen molar-refractivity contribution in [2.45, 2.75) is 4.90 Å². The van der Waals surface area contributed by atoms with Crippen molar-refractivity contribution in [2.24, 2.45) is 0 Å². The number of sulfonamides is 1. The summed E-state index contributed by atoms with van der Waals surface area (Å²) in [4.78, 5) is 3.36. The molecule has 0 radical (unpaired) electrons. The minimum atomic E-state index is -4.03. The second-order valence-corrected chi connectivity index (χ2v) is 6.29. The van der Waals surface area contributed by atoms with Gasteiger partial charge in [-0.2, -0.15) is 5.26 Å². The molecular formula is C12H6Cl2FN3O2S. The van der Waals surface area contributed by atoms with Gasteiger partial charge in [-0.1, -0.05) is 23.2 Å². The standard InChI is InChI=1S/C12H6Cl2FN3O2S/c13-9-4-12(14)17-6-11(9)21(19,20)18-8-1-2-10(15)7(3-8)5-16/h1-4,6,18H. The normalized spacial score (nSPS) is 11.0. The lowest BCUT2D eigenvalue weighted by Crippen LogP contribution is -2.14. The van der Waals surface area contributed by atoms with Gasteiger partial charge in [-0.3, -0.25) is 4.72 Å². The van der Waals surface area contributed by atoms with Crippen LogP contribution in [0.4, 0.5) is 10.1 Å². The van der Waals surface area contributed by atoms with Gasteiger partial charge in [0.05, 0.1) is 22.5 Å². The average molecular weight is 346 g/mol. The van der Waals surface area contributed by atoms with Gasteiger partial charge >= 0.3 is 0 Å². The number of nitrogens with one attached hydrogen (secondary N) is 1. The van der Waals surface area contributed by atoms with Crippen LogP contribution in [0.1, 0.15) is 5.56 Å². The summed E-state index contributed by atoms with van der Waals surface area (Å²) in [6, 6.07) is 6.04. The largest absolute Gasteiger partial charge is 0.279 e. The molecule has 0 atom stereocenters. The maximum Gasteiger partial charge on any atom is 0.264 e. The van der Waals surface area contributed by atoms with Crippen LogP contribution < -0.4 is 4.72 Å². The van der Waals surface area contributed by atoms with Crippen molar-refractivity contribution in [3.05, 3.63) is 52.0 Å². The van der Waals surface area contributed by atoms with Crippen molar-refractivity contribution < 1.29 is 12.8 Å². The molecule has 0 amide bonds. The van der Waals surface area contributed by atoms with Gasteiger partial charge in [-0.25, -0.2) is 17.8 Å². The summed E-state index contributed by atoms with van der Waals surface area (Å²) < 4.78 is 39.7. The van der Waals surface area contributed by atoms with Crippen LogP contribution in [0.5, 0.6) is 0 Å². The van der Waals surface area contributed by atoms with Gasteiger partial charge in [-0.05, 0) is 24.3 Å². The SMILES string of the molecule is N#Cc1cc(NS(=O)(=O)c2cnc(Cl)cc2Cl)ccc1F. The summed E-state index contributed by atoms with van der Waals surface area (Å²) in [5.41, 5.74) is -0.255.